The standard InChI is InChI=1S/C22H27N2O3/c1-26-19-11-7-17(8-12-19)22(25)16-23-15-5-3-4-6-21(23)24(22)18-9-13-20(27-2)14-10-18/h7-14,25H,3-6,15-16H2,1-2H3/q+1. The molecule has 5 nitrogen and oxygen atoms in total. The fourth-order valence-corrected chi connectivity index (χ4v) is 4.20. The van der Waals surface area contributed by atoms with Gasteiger partial charge in [0.15, 0.2) is 6.54 Å². The highest BCUT2D eigenvalue weighted by Gasteiger charge is 2.54. The molecule has 0 amide bonds. The maximum atomic E-state index is 11.9. The van der Waals surface area contributed by atoms with Gasteiger partial charge < -0.3 is 14.6 Å². The van der Waals surface area contributed by atoms with E-state index in [2.05, 4.69) is 9.48 Å². The van der Waals surface area contributed by atoms with Gasteiger partial charge in [0.05, 0.1) is 20.8 Å². The second-order valence-electron chi connectivity index (χ2n) is 7.23. The van der Waals surface area contributed by atoms with Crippen LogP contribution in [0.3, 0.4) is 0 Å². The SMILES string of the molecule is COc1ccc(N2C3=[N+](CCCCC3)CC2(O)c2ccc(OC)cc2)cc1. The lowest BCUT2D eigenvalue weighted by Gasteiger charge is -2.29. The van der Waals surface area contributed by atoms with Crippen LogP contribution in [0.5, 0.6) is 11.5 Å². The summed E-state index contributed by atoms with van der Waals surface area (Å²) in [6.07, 6.45) is 4.53. The van der Waals surface area contributed by atoms with Crippen molar-refractivity contribution in [1.29, 1.82) is 0 Å². The minimum atomic E-state index is -1.10. The van der Waals surface area contributed by atoms with Crippen LogP contribution < -0.4 is 14.4 Å². The van der Waals surface area contributed by atoms with Gasteiger partial charge >= 0.3 is 0 Å². The first-order valence-electron chi connectivity index (χ1n) is 9.58. The molecule has 27 heavy (non-hydrogen) atoms. The monoisotopic (exact) mass is 367 g/mol. The lowest BCUT2D eigenvalue weighted by Crippen LogP contribution is -2.47. The van der Waals surface area contributed by atoms with E-state index < -0.39 is 5.72 Å². The minimum Gasteiger partial charge on any atom is -0.497 e. The fraction of sp³-hybridized carbons (Fsp3) is 0.409. The van der Waals surface area contributed by atoms with Crippen LogP contribution in [0, 0.1) is 0 Å². The predicted molar refractivity (Wildman–Crippen MR) is 106 cm³/mol. The number of rotatable bonds is 4. The zero-order valence-corrected chi connectivity index (χ0v) is 16.0. The number of benzene rings is 2. The Bertz CT molecular complexity index is 830. The molecule has 0 saturated heterocycles. The Morgan fingerprint density at radius 1 is 0.889 bits per heavy atom. The Hall–Kier alpha value is -2.53. The summed E-state index contributed by atoms with van der Waals surface area (Å²) in [6.45, 7) is 1.56. The maximum absolute atomic E-state index is 11.9. The van der Waals surface area contributed by atoms with Gasteiger partial charge in [-0.25, -0.2) is 0 Å². The topological polar surface area (TPSA) is 44.9 Å². The fourth-order valence-electron chi connectivity index (χ4n) is 4.20. The second-order valence-corrected chi connectivity index (χ2v) is 7.23. The first-order valence-corrected chi connectivity index (χ1v) is 9.58. The number of hydrogen-bond acceptors (Lipinski definition) is 4. The summed E-state index contributed by atoms with van der Waals surface area (Å²) < 4.78 is 12.9. The lowest BCUT2D eigenvalue weighted by molar-refractivity contribution is -0.534. The van der Waals surface area contributed by atoms with Crippen LogP contribution in [0.2, 0.25) is 0 Å². The molecule has 0 fully saturated rings. The summed E-state index contributed by atoms with van der Waals surface area (Å²) in [5.74, 6) is 2.81. The summed E-state index contributed by atoms with van der Waals surface area (Å²) in [5.41, 5.74) is 0.751. The molecule has 0 aromatic heterocycles. The van der Waals surface area contributed by atoms with Crippen molar-refractivity contribution in [3.63, 3.8) is 0 Å². The molecule has 1 atom stereocenters. The van der Waals surface area contributed by atoms with Crippen LogP contribution in [-0.2, 0) is 5.72 Å². The van der Waals surface area contributed by atoms with Gasteiger partial charge in [-0.3, -0.25) is 4.58 Å². The molecule has 4 rings (SSSR count). The summed E-state index contributed by atoms with van der Waals surface area (Å²) in [5, 5.41) is 11.9. The van der Waals surface area contributed by atoms with Crippen LogP contribution in [0.15, 0.2) is 48.5 Å². The molecule has 5 heteroatoms. The van der Waals surface area contributed by atoms with Crippen molar-refractivity contribution >= 4 is 11.5 Å². The van der Waals surface area contributed by atoms with Gasteiger partial charge in [-0.05, 0) is 67.8 Å². The largest absolute Gasteiger partial charge is 0.497 e. The van der Waals surface area contributed by atoms with Crippen LogP contribution in [0.1, 0.15) is 31.2 Å². The Labute approximate surface area is 160 Å². The van der Waals surface area contributed by atoms with Crippen molar-refractivity contribution in [3.8, 4) is 11.5 Å². The number of methoxy groups -OCH3 is 2. The maximum Gasteiger partial charge on any atom is 0.275 e. The van der Waals surface area contributed by atoms with Gasteiger partial charge in [-0.1, -0.05) is 0 Å². The average molecular weight is 367 g/mol. The molecular formula is C22H27N2O3+. The molecule has 0 bridgehead atoms. The first kappa shape index (κ1) is 17.9. The molecule has 0 spiro atoms. The van der Waals surface area contributed by atoms with Crippen molar-refractivity contribution in [2.45, 2.75) is 31.4 Å². The third-order valence-corrected chi connectivity index (χ3v) is 5.62. The van der Waals surface area contributed by atoms with E-state index in [1.54, 1.807) is 14.2 Å². The normalized spacial score (nSPS) is 22.4. The zero-order valence-electron chi connectivity index (χ0n) is 16.0. The van der Waals surface area contributed by atoms with Gasteiger partial charge in [0, 0.05) is 12.0 Å². The quantitative estimate of drug-likeness (QED) is 0.842. The van der Waals surface area contributed by atoms with Crippen molar-refractivity contribution in [1.82, 2.24) is 0 Å². The highest BCUT2D eigenvalue weighted by atomic mass is 16.5. The Morgan fingerprint density at radius 3 is 2.15 bits per heavy atom. The summed E-state index contributed by atoms with van der Waals surface area (Å²) in [7, 11) is 3.32. The summed E-state index contributed by atoms with van der Waals surface area (Å²) >= 11 is 0. The van der Waals surface area contributed by atoms with Gasteiger partial charge in [-0.2, -0.15) is 4.90 Å². The number of nitrogens with zero attached hydrogens (tertiary/aromatic N) is 2. The van der Waals surface area contributed by atoms with Gasteiger partial charge in [-0.15, -0.1) is 0 Å². The summed E-state index contributed by atoms with van der Waals surface area (Å²) in [4.78, 5) is 2.11. The molecule has 142 valence electrons. The molecule has 0 aliphatic carbocycles. The highest BCUT2D eigenvalue weighted by molar-refractivity contribution is 5.97. The van der Waals surface area contributed by atoms with E-state index >= 15 is 0 Å². The molecule has 0 radical (unpaired) electrons. The minimum absolute atomic E-state index is 0.570. The van der Waals surface area contributed by atoms with Crippen LogP contribution in [0.4, 0.5) is 5.69 Å². The molecule has 1 N–H and O–H groups in total. The smallest absolute Gasteiger partial charge is 0.275 e. The van der Waals surface area contributed by atoms with Crippen LogP contribution >= 0.6 is 0 Å². The van der Waals surface area contributed by atoms with E-state index in [4.69, 9.17) is 9.47 Å². The highest BCUT2D eigenvalue weighted by Crippen LogP contribution is 2.38. The predicted octanol–water partition coefficient (Wildman–Crippen LogP) is 3.35. The number of aliphatic hydroxyl groups is 1. The molecule has 2 aliphatic heterocycles. The molecule has 0 saturated carbocycles. The van der Waals surface area contributed by atoms with Crippen molar-refractivity contribution in [2.24, 2.45) is 0 Å². The van der Waals surface area contributed by atoms with Crippen LogP contribution in [0.25, 0.3) is 0 Å². The Morgan fingerprint density at radius 2 is 1.52 bits per heavy atom. The summed E-state index contributed by atoms with van der Waals surface area (Å²) in [6, 6.07) is 15.7. The molecular weight excluding hydrogens is 340 g/mol. The van der Waals surface area contributed by atoms with Gasteiger partial charge in [0.2, 0.25) is 0 Å². The Kier molecular flexibility index (Phi) is 4.79. The van der Waals surface area contributed by atoms with E-state index in [0.717, 1.165) is 42.1 Å². The van der Waals surface area contributed by atoms with Crippen molar-refractivity contribution in [2.75, 3.05) is 32.2 Å². The van der Waals surface area contributed by atoms with Gasteiger partial charge in [0.1, 0.15) is 17.2 Å². The average Bonchev–Trinajstić information content (AvgIpc) is 2.84. The number of hydrogen-bond donors (Lipinski definition) is 1. The molecule has 2 aliphatic rings. The number of amidine groups is 1. The zero-order chi connectivity index (χ0) is 18.9. The first-order chi connectivity index (χ1) is 13.2. The number of anilines is 1. The van der Waals surface area contributed by atoms with Gasteiger partial charge in [0.25, 0.3) is 11.6 Å². The number of ether oxygens (including phenoxy) is 2. The molecule has 1 unspecified atom stereocenters. The van der Waals surface area contributed by atoms with E-state index in [9.17, 15) is 5.11 Å². The molecule has 2 heterocycles. The third-order valence-electron chi connectivity index (χ3n) is 5.62. The van der Waals surface area contributed by atoms with E-state index in [-0.39, 0.29) is 0 Å². The van der Waals surface area contributed by atoms with E-state index in [1.165, 1.54) is 18.7 Å². The van der Waals surface area contributed by atoms with Crippen molar-refractivity contribution in [3.05, 3.63) is 54.1 Å². The molecule has 2 aromatic carbocycles. The third kappa shape index (κ3) is 3.16. The van der Waals surface area contributed by atoms with E-state index in [1.807, 2.05) is 48.5 Å². The van der Waals surface area contributed by atoms with Crippen molar-refractivity contribution < 1.29 is 19.2 Å². The Balaban J connectivity index is 1.79. The lowest BCUT2D eigenvalue weighted by atomic mass is 9.99. The molecule has 2 aromatic rings. The second kappa shape index (κ2) is 7.24. The van der Waals surface area contributed by atoms with E-state index in [0.29, 0.717) is 6.54 Å². The van der Waals surface area contributed by atoms with Crippen LogP contribution in [-0.4, -0.2) is 42.8 Å².